The normalized spacial score (nSPS) is 31.0. The molecule has 16 heavy (non-hydrogen) atoms. The Kier molecular flexibility index (Phi) is 4.41. The summed E-state index contributed by atoms with van der Waals surface area (Å²) in [5, 5.41) is 10.1. The summed E-state index contributed by atoms with van der Waals surface area (Å²) >= 11 is 0. The lowest BCUT2D eigenvalue weighted by molar-refractivity contribution is -0.0233. The fraction of sp³-hybridized carbons (Fsp3) is 1.00. The van der Waals surface area contributed by atoms with Gasteiger partial charge in [0.25, 0.3) is 0 Å². The Morgan fingerprint density at radius 2 is 2.00 bits per heavy atom. The van der Waals surface area contributed by atoms with Crippen LogP contribution < -0.4 is 0 Å². The second-order valence-electron chi connectivity index (χ2n) is 5.42. The quantitative estimate of drug-likeness (QED) is 0.829. The first-order valence-electron chi connectivity index (χ1n) is 6.18. The minimum absolute atomic E-state index is 0.140. The fourth-order valence-corrected chi connectivity index (χ4v) is 3.99. The van der Waals surface area contributed by atoms with Gasteiger partial charge in [0.05, 0.1) is 10.9 Å². The van der Waals surface area contributed by atoms with Gasteiger partial charge in [-0.15, -0.1) is 0 Å². The van der Waals surface area contributed by atoms with Crippen molar-refractivity contribution in [2.24, 2.45) is 5.92 Å². The molecule has 0 radical (unpaired) electrons. The molecule has 0 aromatic carbocycles. The van der Waals surface area contributed by atoms with Crippen molar-refractivity contribution in [3.05, 3.63) is 0 Å². The molecule has 1 aliphatic rings. The van der Waals surface area contributed by atoms with Crippen LogP contribution in [0.15, 0.2) is 0 Å². The van der Waals surface area contributed by atoms with E-state index in [2.05, 4.69) is 0 Å². The summed E-state index contributed by atoms with van der Waals surface area (Å²) in [4.78, 5) is 0. The standard InChI is InChI=1S/C12H24O3S/c1-4-8-12(2,13)10-6-5-7-11(9-10)16(3,14)15/h10-11,13H,4-9H2,1-3H3. The van der Waals surface area contributed by atoms with Crippen LogP contribution in [-0.2, 0) is 9.84 Å². The van der Waals surface area contributed by atoms with E-state index in [1.807, 2.05) is 13.8 Å². The molecule has 3 nitrogen and oxygen atoms in total. The highest BCUT2D eigenvalue weighted by Crippen LogP contribution is 2.37. The molecule has 0 aliphatic heterocycles. The maximum atomic E-state index is 11.5. The van der Waals surface area contributed by atoms with Gasteiger partial charge in [0, 0.05) is 6.26 Å². The average molecular weight is 248 g/mol. The third-order valence-electron chi connectivity index (χ3n) is 3.87. The molecule has 96 valence electrons. The summed E-state index contributed by atoms with van der Waals surface area (Å²) in [6, 6.07) is 0. The molecule has 0 saturated heterocycles. The molecule has 3 unspecified atom stereocenters. The lowest BCUT2D eigenvalue weighted by Gasteiger charge is -2.38. The van der Waals surface area contributed by atoms with Crippen LogP contribution in [0.3, 0.4) is 0 Å². The Bertz CT molecular complexity index is 319. The third kappa shape index (κ3) is 3.45. The molecule has 0 heterocycles. The second kappa shape index (κ2) is 5.05. The highest BCUT2D eigenvalue weighted by Gasteiger charge is 2.37. The fourth-order valence-electron chi connectivity index (χ4n) is 2.81. The maximum Gasteiger partial charge on any atom is 0.150 e. The molecule has 1 fully saturated rings. The molecule has 3 atom stereocenters. The van der Waals surface area contributed by atoms with E-state index in [-0.39, 0.29) is 11.2 Å². The van der Waals surface area contributed by atoms with Crippen molar-refractivity contribution < 1.29 is 13.5 Å². The van der Waals surface area contributed by atoms with E-state index in [1.165, 1.54) is 6.26 Å². The van der Waals surface area contributed by atoms with Crippen LogP contribution in [0.25, 0.3) is 0 Å². The van der Waals surface area contributed by atoms with Crippen LogP contribution in [0.5, 0.6) is 0 Å². The van der Waals surface area contributed by atoms with Gasteiger partial charge in [-0.3, -0.25) is 0 Å². The summed E-state index contributed by atoms with van der Waals surface area (Å²) in [7, 11) is -2.95. The van der Waals surface area contributed by atoms with Crippen molar-refractivity contribution in [3.8, 4) is 0 Å². The van der Waals surface area contributed by atoms with Gasteiger partial charge in [-0.1, -0.05) is 19.8 Å². The summed E-state index contributed by atoms with van der Waals surface area (Å²) in [6.07, 6.45) is 6.28. The number of aliphatic hydroxyl groups is 1. The van der Waals surface area contributed by atoms with Crippen molar-refractivity contribution in [2.75, 3.05) is 6.26 Å². The minimum Gasteiger partial charge on any atom is -0.390 e. The van der Waals surface area contributed by atoms with Crippen molar-refractivity contribution in [1.82, 2.24) is 0 Å². The lowest BCUT2D eigenvalue weighted by Crippen LogP contribution is -2.40. The first-order valence-corrected chi connectivity index (χ1v) is 8.14. The number of rotatable bonds is 4. The van der Waals surface area contributed by atoms with E-state index in [1.54, 1.807) is 0 Å². The van der Waals surface area contributed by atoms with Crippen LogP contribution in [0.2, 0.25) is 0 Å². The van der Waals surface area contributed by atoms with E-state index in [4.69, 9.17) is 0 Å². The van der Waals surface area contributed by atoms with E-state index >= 15 is 0 Å². The molecular formula is C12H24O3S. The van der Waals surface area contributed by atoms with Crippen molar-refractivity contribution >= 4 is 9.84 Å². The SMILES string of the molecule is CCCC(C)(O)C1CCCC(S(C)(=O)=O)C1. The van der Waals surface area contributed by atoms with Crippen LogP contribution in [-0.4, -0.2) is 30.6 Å². The molecule has 4 heteroatoms. The Hall–Kier alpha value is -0.0900. The lowest BCUT2D eigenvalue weighted by atomic mass is 9.76. The molecule has 1 N–H and O–H groups in total. The zero-order valence-corrected chi connectivity index (χ0v) is 11.4. The second-order valence-corrected chi connectivity index (χ2v) is 7.75. The first-order chi connectivity index (χ1) is 7.27. The Labute approximate surface area is 99.2 Å². The molecule has 1 aliphatic carbocycles. The van der Waals surface area contributed by atoms with E-state index in [0.29, 0.717) is 6.42 Å². The maximum absolute atomic E-state index is 11.5. The monoisotopic (exact) mass is 248 g/mol. The summed E-state index contributed by atoms with van der Waals surface area (Å²) < 4.78 is 23.1. The van der Waals surface area contributed by atoms with Gasteiger partial charge in [0.1, 0.15) is 9.84 Å². The average Bonchev–Trinajstić information content (AvgIpc) is 2.16. The number of sulfone groups is 1. The van der Waals surface area contributed by atoms with E-state index in [0.717, 1.165) is 32.1 Å². The number of hydrogen-bond donors (Lipinski definition) is 1. The summed E-state index contributed by atoms with van der Waals surface area (Å²) in [6.45, 7) is 3.90. The van der Waals surface area contributed by atoms with Gasteiger partial charge in [0.2, 0.25) is 0 Å². The summed E-state index contributed by atoms with van der Waals surface area (Å²) in [5.74, 6) is 0.140. The molecule has 0 spiro atoms. The smallest absolute Gasteiger partial charge is 0.150 e. The van der Waals surface area contributed by atoms with Crippen LogP contribution in [0, 0.1) is 5.92 Å². The van der Waals surface area contributed by atoms with Gasteiger partial charge in [-0.2, -0.15) is 0 Å². The first kappa shape index (κ1) is 14.0. The van der Waals surface area contributed by atoms with Crippen LogP contribution >= 0.6 is 0 Å². The molecule has 0 aromatic heterocycles. The molecule has 0 amide bonds. The Morgan fingerprint density at radius 1 is 1.38 bits per heavy atom. The van der Waals surface area contributed by atoms with Crippen molar-refractivity contribution in [2.45, 2.75) is 63.2 Å². The molecule has 1 saturated carbocycles. The van der Waals surface area contributed by atoms with Gasteiger partial charge in [-0.05, 0) is 38.5 Å². The van der Waals surface area contributed by atoms with Gasteiger partial charge in [0.15, 0.2) is 0 Å². The summed E-state index contributed by atoms with van der Waals surface area (Å²) in [5.41, 5.74) is -0.696. The van der Waals surface area contributed by atoms with Gasteiger partial charge < -0.3 is 5.11 Å². The molecule has 1 rings (SSSR count). The zero-order chi connectivity index (χ0) is 12.4. The molecule has 0 aromatic rings. The van der Waals surface area contributed by atoms with Gasteiger partial charge in [-0.25, -0.2) is 8.42 Å². The van der Waals surface area contributed by atoms with E-state index < -0.39 is 15.4 Å². The Balaban J connectivity index is 2.71. The minimum atomic E-state index is -2.95. The third-order valence-corrected chi connectivity index (χ3v) is 5.51. The van der Waals surface area contributed by atoms with E-state index in [9.17, 15) is 13.5 Å². The predicted octanol–water partition coefficient (Wildman–Crippen LogP) is 2.14. The largest absolute Gasteiger partial charge is 0.390 e. The van der Waals surface area contributed by atoms with Crippen molar-refractivity contribution in [1.29, 1.82) is 0 Å². The van der Waals surface area contributed by atoms with Gasteiger partial charge >= 0.3 is 0 Å². The topological polar surface area (TPSA) is 54.4 Å². The van der Waals surface area contributed by atoms with Crippen LogP contribution in [0.4, 0.5) is 0 Å². The van der Waals surface area contributed by atoms with Crippen LogP contribution in [0.1, 0.15) is 52.4 Å². The molecule has 0 bridgehead atoms. The zero-order valence-electron chi connectivity index (χ0n) is 10.6. The van der Waals surface area contributed by atoms with Crippen molar-refractivity contribution in [3.63, 3.8) is 0 Å². The number of hydrogen-bond acceptors (Lipinski definition) is 3. The highest BCUT2D eigenvalue weighted by molar-refractivity contribution is 7.91. The molecular weight excluding hydrogens is 224 g/mol. The predicted molar refractivity (Wildman–Crippen MR) is 66.1 cm³/mol. The Morgan fingerprint density at radius 3 is 2.50 bits per heavy atom. The highest BCUT2D eigenvalue weighted by atomic mass is 32.2.